The lowest BCUT2D eigenvalue weighted by Gasteiger charge is -2.38. The number of oxime groups is 1. The standard InChI is InChI=1S/C37H39N9O13S3/c1-17-8-27(46-36(40-17)44(16-39-46)37(57)58)61-13-19-12-60-14-23(31(50)45(29(19)34(55)56)24-7-5-3-2-4-6-20(24)32(51)52)41-30(49)28(22-15-62-35(38)42-22)43-59-11-18-9-25(47)26(48)10-21(18)33(53)54/h6,8-10,15-16,23-24,27,47-48H,2-5,7,11-14H2,1H3,(H2,38,42)(H,41,49)(H,51,52)(H,53,54)(H,55,56)(H,57,58)/b20-6?,29-19+,43-28-/t23-,24?,27?/m0/s1. The maximum atomic E-state index is 14.9. The molecule has 1 aromatic heterocycles. The van der Waals surface area contributed by atoms with Gasteiger partial charge in [-0.15, -0.1) is 23.1 Å². The molecule has 6 rings (SSSR count). The fourth-order valence-electron chi connectivity index (χ4n) is 6.82. The summed E-state index contributed by atoms with van der Waals surface area (Å²) in [6.07, 6.45) is 5.18. The first-order valence-electron chi connectivity index (χ1n) is 18.6. The zero-order valence-electron chi connectivity index (χ0n) is 32.5. The molecule has 0 radical (unpaired) electrons. The average Bonchev–Trinajstić information content (AvgIpc) is 3.83. The van der Waals surface area contributed by atoms with Gasteiger partial charge in [-0.2, -0.15) is 16.9 Å². The van der Waals surface area contributed by atoms with Crippen LogP contribution in [-0.4, -0.2) is 139 Å². The van der Waals surface area contributed by atoms with Crippen LogP contribution in [-0.2, 0) is 30.6 Å². The Morgan fingerprint density at radius 2 is 1.81 bits per heavy atom. The molecule has 62 heavy (non-hydrogen) atoms. The second-order valence-corrected chi connectivity index (χ2v) is 16.9. The number of aliphatic carboxylic acids is 2. The smallest absolute Gasteiger partial charge is 0.419 e. The highest BCUT2D eigenvalue weighted by molar-refractivity contribution is 8.01. The van der Waals surface area contributed by atoms with Crippen molar-refractivity contribution in [2.45, 2.75) is 63.1 Å². The van der Waals surface area contributed by atoms with E-state index in [1.807, 2.05) is 0 Å². The number of nitrogen functional groups attached to an aromatic ring is 1. The van der Waals surface area contributed by atoms with Gasteiger partial charge in [0.15, 0.2) is 22.3 Å². The van der Waals surface area contributed by atoms with E-state index >= 15 is 0 Å². The van der Waals surface area contributed by atoms with Gasteiger partial charge >= 0.3 is 24.0 Å². The lowest BCUT2D eigenvalue weighted by Crippen LogP contribution is -2.56. The molecule has 2 unspecified atom stereocenters. The molecule has 1 aromatic carbocycles. The summed E-state index contributed by atoms with van der Waals surface area (Å²) in [5, 5.41) is 73.1. The van der Waals surface area contributed by atoms with Crippen molar-refractivity contribution in [1.82, 2.24) is 25.1 Å². The fourth-order valence-corrected chi connectivity index (χ4v) is 9.76. The van der Waals surface area contributed by atoms with E-state index in [1.165, 1.54) is 28.2 Å². The molecule has 1 aliphatic carbocycles. The van der Waals surface area contributed by atoms with Crippen molar-refractivity contribution in [3.63, 3.8) is 0 Å². The van der Waals surface area contributed by atoms with Crippen molar-refractivity contribution >= 4 is 93.8 Å². The predicted octanol–water partition coefficient (Wildman–Crippen LogP) is 3.07. The van der Waals surface area contributed by atoms with Gasteiger partial charge in [0.2, 0.25) is 5.96 Å². The molecule has 0 fully saturated rings. The number of phenolic OH excluding ortho intramolecular Hbond substituents is 2. The third-order valence-corrected chi connectivity index (χ3v) is 12.7. The number of thioether (sulfide) groups is 2. The first-order valence-corrected chi connectivity index (χ1v) is 21.7. The van der Waals surface area contributed by atoms with E-state index in [-0.39, 0.29) is 57.2 Å². The van der Waals surface area contributed by atoms with Crippen LogP contribution in [0.4, 0.5) is 9.93 Å². The predicted molar refractivity (Wildman–Crippen MR) is 226 cm³/mol. The van der Waals surface area contributed by atoms with Crippen molar-refractivity contribution in [1.29, 1.82) is 0 Å². The number of hydrazone groups is 1. The zero-order chi connectivity index (χ0) is 44.8. The van der Waals surface area contributed by atoms with Crippen molar-refractivity contribution < 1.29 is 64.2 Å². The van der Waals surface area contributed by atoms with E-state index in [9.17, 15) is 59.4 Å². The van der Waals surface area contributed by atoms with Gasteiger partial charge in [-0.05, 0) is 50.0 Å². The van der Waals surface area contributed by atoms with Crippen LogP contribution in [0.3, 0.4) is 0 Å². The molecule has 9 N–H and O–H groups in total. The number of nitrogens with two attached hydrogens (primary N) is 1. The maximum absolute atomic E-state index is 14.9. The number of guanidine groups is 1. The van der Waals surface area contributed by atoms with Gasteiger partial charge in [0, 0.05) is 33.9 Å². The van der Waals surface area contributed by atoms with E-state index in [4.69, 9.17) is 10.6 Å². The number of hydrogen-bond acceptors (Lipinski definition) is 18. The van der Waals surface area contributed by atoms with Gasteiger partial charge in [0.25, 0.3) is 11.8 Å². The molecule has 328 valence electrons. The molecule has 0 bridgehead atoms. The zero-order valence-corrected chi connectivity index (χ0v) is 35.0. The van der Waals surface area contributed by atoms with Crippen LogP contribution in [0.25, 0.3) is 0 Å². The maximum Gasteiger partial charge on any atom is 0.419 e. The van der Waals surface area contributed by atoms with Crippen molar-refractivity contribution in [2.24, 2.45) is 15.2 Å². The van der Waals surface area contributed by atoms with Crippen LogP contribution >= 0.6 is 34.9 Å². The van der Waals surface area contributed by atoms with E-state index in [1.54, 1.807) is 13.0 Å². The molecule has 0 spiro atoms. The number of rotatable bonds is 13. The van der Waals surface area contributed by atoms with Crippen LogP contribution in [0.2, 0.25) is 0 Å². The average molecular weight is 914 g/mol. The van der Waals surface area contributed by atoms with Gasteiger partial charge in [0.1, 0.15) is 35.8 Å². The third-order valence-electron chi connectivity index (χ3n) is 9.68. The number of carbonyl (C=O) groups excluding carboxylic acids is 2. The Kier molecular flexibility index (Phi) is 14.1. The van der Waals surface area contributed by atoms with Gasteiger partial charge in [-0.1, -0.05) is 24.1 Å². The SMILES string of the molecule is CC1=CC(SC/C2=C(\C(=O)O)N(C3CCCCCC=C3C(=O)O)C(=O)[C@@H](NC(=O)/C(=N\OCc3cc(O)c(O)cc3C(=O)O)c3csc(N)n3)CSC2)N2N=CN(C(=O)O)C2=N1. The summed E-state index contributed by atoms with van der Waals surface area (Å²) in [6.45, 7) is 1.04. The highest BCUT2D eigenvalue weighted by atomic mass is 32.2. The van der Waals surface area contributed by atoms with Crippen LogP contribution in [0, 0.1) is 0 Å². The summed E-state index contributed by atoms with van der Waals surface area (Å²) >= 11 is 3.24. The van der Waals surface area contributed by atoms with E-state index in [2.05, 4.69) is 25.6 Å². The fraction of sp³-hybridized carbons (Fsp3) is 0.351. The van der Waals surface area contributed by atoms with Crippen LogP contribution in [0.15, 0.2) is 67.5 Å². The summed E-state index contributed by atoms with van der Waals surface area (Å²) in [7, 11) is 0. The first-order chi connectivity index (χ1) is 29.5. The normalized spacial score (nSPS) is 22.0. The molecule has 4 heterocycles. The number of amides is 3. The number of aromatic hydroxyl groups is 2. The van der Waals surface area contributed by atoms with Gasteiger partial charge < -0.3 is 46.5 Å². The molecule has 3 atom stereocenters. The number of phenols is 2. The van der Waals surface area contributed by atoms with Gasteiger partial charge in [-0.25, -0.2) is 39.1 Å². The lowest BCUT2D eigenvalue weighted by atomic mass is 9.92. The Hall–Kier alpha value is -6.60. The number of thiazole rings is 1. The molecule has 3 aliphatic heterocycles. The molecule has 0 saturated heterocycles. The number of benzene rings is 1. The summed E-state index contributed by atoms with van der Waals surface area (Å²) < 4.78 is 0. The van der Waals surface area contributed by atoms with Crippen molar-refractivity contribution in [3.05, 3.63) is 69.0 Å². The highest BCUT2D eigenvalue weighted by Gasteiger charge is 2.43. The van der Waals surface area contributed by atoms with E-state index in [0.717, 1.165) is 51.4 Å². The summed E-state index contributed by atoms with van der Waals surface area (Å²) in [6, 6.07) is -1.00. The Bertz CT molecular complexity index is 2380. The molecule has 0 saturated carbocycles. The number of fused-ring (bicyclic) bond motifs is 1. The lowest BCUT2D eigenvalue weighted by molar-refractivity contribution is -0.143. The summed E-state index contributed by atoms with van der Waals surface area (Å²) in [5.74, 6) is -7.80. The van der Waals surface area contributed by atoms with E-state index < -0.39 is 88.4 Å². The summed E-state index contributed by atoms with van der Waals surface area (Å²) in [4.78, 5) is 94.5. The molecule has 22 nitrogen and oxygen atoms in total. The molecular formula is C37H39N9O13S3. The monoisotopic (exact) mass is 913 g/mol. The topological polar surface area (TPSA) is 331 Å². The minimum atomic E-state index is -1.53. The molecular weight excluding hydrogens is 875 g/mol. The number of nitrogens with zero attached hydrogens (tertiary/aromatic N) is 7. The molecule has 25 heteroatoms. The minimum Gasteiger partial charge on any atom is -0.504 e. The Labute approximate surface area is 363 Å². The minimum absolute atomic E-state index is 0.00255. The number of aromatic carboxylic acids is 1. The van der Waals surface area contributed by atoms with Crippen LogP contribution < -0.4 is 11.1 Å². The van der Waals surface area contributed by atoms with Crippen LogP contribution in [0.1, 0.15) is 60.6 Å². The van der Waals surface area contributed by atoms with Crippen molar-refractivity contribution in [3.8, 4) is 11.5 Å². The number of nitrogens with one attached hydrogen (secondary N) is 1. The number of carboxylic acid groups (broad SMARTS) is 4. The number of carbonyl (C=O) groups is 6. The first kappa shape index (κ1) is 44.9. The third kappa shape index (κ3) is 9.95. The van der Waals surface area contributed by atoms with Gasteiger partial charge in [-0.3, -0.25) is 14.5 Å². The molecule has 3 amide bonds. The Morgan fingerprint density at radius 1 is 1.05 bits per heavy atom. The van der Waals surface area contributed by atoms with Crippen LogP contribution in [0.5, 0.6) is 11.5 Å². The Morgan fingerprint density at radius 3 is 2.48 bits per heavy atom. The second kappa shape index (κ2) is 19.4. The highest BCUT2D eigenvalue weighted by Crippen LogP contribution is 2.35. The molecule has 4 aliphatic rings. The number of anilines is 1. The second-order valence-electron chi connectivity index (χ2n) is 13.9. The number of carboxylic acids is 3. The van der Waals surface area contributed by atoms with Gasteiger partial charge in [0.05, 0.1) is 17.2 Å². The number of hydrogen-bond donors (Lipinski definition) is 8. The molecule has 2 aromatic rings. The number of aromatic nitrogens is 1. The van der Waals surface area contributed by atoms with Crippen molar-refractivity contribution in [2.75, 3.05) is 23.0 Å². The quantitative estimate of drug-likeness (QED) is 0.0813. The summed E-state index contributed by atoms with van der Waals surface area (Å²) in [5.41, 5.74) is 4.72. The Balaban J connectivity index is 1.35. The number of aliphatic imine (C=N–C) groups is 1. The van der Waals surface area contributed by atoms with E-state index in [0.29, 0.717) is 31.4 Å². The largest absolute Gasteiger partial charge is 0.504 e. The number of allylic oxidation sites excluding steroid dienone is 2.